The molecule has 1 spiro atoms. The molecular weight excluding hydrogens is 440 g/mol. The van der Waals surface area contributed by atoms with Crippen molar-refractivity contribution < 1.29 is 9.47 Å². The van der Waals surface area contributed by atoms with Crippen molar-refractivity contribution in [3.8, 4) is 5.69 Å². The number of hydrogen-bond donors (Lipinski definition) is 1. The Morgan fingerprint density at radius 3 is 2.60 bits per heavy atom. The minimum atomic E-state index is -0.0123. The van der Waals surface area contributed by atoms with Crippen molar-refractivity contribution in [3.63, 3.8) is 0 Å². The predicted molar refractivity (Wildman–Crippen MR) is 135 cm³/mol. The van der Waals surface area contributed by atoms with E-state index in [2.05, 4.69) is 51.1 Å². The molecule has 4 aliphatic rings. The molecule has 2 aliphatic carbocycles. The van der Waals surface area contributed by atoms with Gasteiger partial charge in [-0.05, 0) is 63.7 Å². The van der Waals surface area contributed by atoms with Gasteiger partial charge in [0.25, 0.3) is 0 Å². The molecule has 8 heteroatoms. The first-order valence-electron chi connectivity index (χ1n) is 13.6. The monoisotopic (exact) mass is 480 g/mol. The predicted octanol–water partition coefficient (Wildman–Crippen LogP) is 4.09. The van der Waals surface area contributed by atoms with Gasteiger partial charge in [-0.2, -0.15) is 5.10 Å². The van der Waals surface area contributed by atoms with Gasteiger partial charge in [0, 0.05) is 43.9 Å². The lowest BCUT2D eigenvalue weighted by Crippen LogP contribution is -2.53. The van der Waals surface area contributed by atoms with Crippen LogP contribution in [0.3, 0.4) is 0 Å². The van der Waals surface area contributed by atoms with Gasteiger partial charge in [-0.1, -0.05) is 6.92 Å². The summed E-state index contributed by atoms with van der Waals surface area (Å²) in [6, 6.07) is 2.59. The molecule has 4 heterocycles. The van der Waals surface area contributed by atoms with Crippen molar-refractivity contribution in [1.82, 2.24) is 24.6 Å². The molecule has 2 aliphatic heterocycles. The summed E-state index contributed by atoms with van der Waals surface area (Å²) in [5.41, 5.74) is 2.49. The molecule has 0 bridgehead atoms. The van der Waals surface area contributed by atoms with Crippen molar-refractivity contribution in [2.75, 3.05) is 44.8 Å². The van der Waals surface area contributed by atoms with E-state index in [4.69, 9.17) is 14.5 Å². The number of hydrogen-bond acceptors (Lipinski definition) is 7. The van der Waals surface area contributed by atoms with Gasteiger partial charge >= 0.3 is 0 Å². The third-order valence-electron chi connectivity index (χ3n) is 8.63. The number of likely N-dealkylation sites (tertiary alicyclic amines) is 1. The Morgan fingerprint density at radius 1 is 1.09 bits per heavy atom. The Kier molecular flexibility index (Phi) is 6.31. The van der Waals surface area contributed by atoms with E-state index < -0.39 is 0 Å². The zero-order valence-corrected chi connectivity index (χ0v) is 21.3. The fourth-order valence-electron chi connectivity index (χ4n) is 6.30. The number of nitrogens with one attached hydrogen (secondary N) is 1. The molecule has 2 aromatic rings. The first-order chi connectivity index (χ1) is 17.0. The Hall–Kier alpha value is -2.03. The molecule has 0 atom stereocenters. The van der Waals surface area contributed by atoms with Crippen LogP contribution in [-0.2, 0) is 9.47 Å². The van der Waals surface area contributed by atoms with Crippen molar-refractivity contribution in [2.24, 2.45) is 5.41 Å². The van der Waals surface area contributed by atoms with E-state index in [-0.39, 0.29) is 5.60 Å². The van der Waals surface area contributed by atoms with Crippen LogP contribution in [0.1, 0.15) is 75.7 Å². The first kappa shape index (κ1) is 23.4. The number of rotatable bonds is 6. The second kappa shape index (κ2) is 9.45. The number of anilines is 1. The van der Waals surface area contributed by atoms with Gasteiger partial charge in [-0.25, -0.2) is 4.98 Å². The summed E-state index contributed by atoms with van der Waals surface area (Å²) in [5, 5.41) is 12.4. The summed E-state index contributed by atoms with van der Waals surface area (Å²) < 4.78 is 14.0. The minimum absolute atomic E-state index is 0.0123. The van der Waals surface area contributed by atoms with Crippen LogP contribution in [0.2, 0.25) is 0 Å². The molecule has 35 heavy (non-hydrogen) atoms. The summed E-state index contributed by atoms with van der Waals surface area (Å²) in [6.45, 7) is 10.3. The molecule has 8 nitrogen and oxygen atoms in total. The number of piperidine rings is 1. The standard InChI is InChI=1S/C27H40N6O2/c1-20-17-33(25(29-20)21-3-4-21)23-15-24(31-28-16-23)30-22-5-7-26(2,8-6-22)18-32-11-9-27(10-12-32)19-34-13-14-35-27/h15-17,21-22H,3-14,18-19H2,1-2H3,(H,30,31). The van der Waals surface area contributed by atoms with Gasteiger partial charge in [-0.3, -0.25) is 0 Å². The molecule has 0 unspecified atom stereocenters. The van der Waals surface area contributed by atoms with Crippen LogP contribution >= 0.6 is 0 Å². The smallest absolute Gasteiger partial charge is 0.150 e. The van der Waals surface area contributed by atoms with E-state index in [1.165, 1.54) is 50.9 Å². The average molecular weight is 481 g/mol. The van der Waals surface area contributed by atoms with E-state index in [0.717, 1.165) is 63.0 Å². The van der Waals surface area contributed by atoms with Crippen molar-refractivity contribution >= 4 is 5.82 Å². The van der Waals surface area contributed by atoms with Gasteiger partial charge in [-0.15, -0.1) is 5.10 Å². The Labute approximate surface area is 208 Å². The first-order valence-corrected chi connectivity index (χ1v) is 13.6. The molecule has 2 aromatic heterocycles. The van der Waals surface area contributed by atoms with E-state index >= 15 is 0 Å². The van der Waals surface area contributed by atoms with Crippen molar-refractivity contribution in [1.29, 1.82) is 0 Å². The van der Waals surface area contributed by atoms with Gasteiger partial charge in [0.2, 0.25) is 0 Å². The number of ether oxygens (including phenoxy) is 2. The highest BCUT2D eigenvalue weighted by molar-refractivity contribution is 5.45. The quantitative estimate of drug-likeness (QED) is 0.667. The fraction of sp³-hybridized carbons (Fsp3) is 0.741. The number of aromatic nitrogens is 4. The topological polar surface area (TPSA) is 77.3 Å². The van der Waals surface area contributed by atoms with Crippen LogP contribution in [0.25, 0.3) is 5.69 Å². The fourth-order valence-corrected chi connectivity index (χ4v) is 6.30. The average Bonchev–Trinajstić information content (AvgIpc) is 3.64. The third-order valence-corrected chi connectivity index (χ3v) is 8.63. The van der Waals surface area contributed by atoms with Gasteiger partial charge < -0.3 is 24.3 Å². The van der Waals surface area contributed by atoms with Crippen molar-refractivity contribution in [2.45, 2.75) is 82.8 Å². The van der Waals surface area contributed by atoms with Crippen molar-refractivity contribution in [3.05, 3.63) is 30.0 Å². The van der Waals surface area contributed by atoms with E-state index in [0.29, 0.717) is 17.4 Å². The van der Waals surface area contributed by atoms with Crippen LogP contribution in [-0.4, -0.2) is 75.7 Å². The molecule has 0 amide bonds. The summed E-state index contributed by atoms with van der Waals surface area (Å²) in [4.78, 5) is 7.42. The van der Waals surface area contributed by atoms with Crippen LogP contribution in [0, 0.1) is 12.3 Å². The highest BCUT2D eigenvalue weighted by atomic mass is 16.6. The zero-order valence-electron chi connectivity index (χ0n) is 21.3. The summed E-state index contributed by atoms with van der Waals surface area (Å²) in [7, 11) is 0. The SMILES string of the molecule is Cc1cn(-c2cnnc(NC3CCC(C)(CN4CCC5(CC4)COCCO5)CC3)c2)c(C2CC2)n1. The summed E-state index contributed by atoms with van der Waals surface area (Å²) in [5.74, 6) is 2.64. The van der Waals surface area contributed by atoms with E-state index in [1.807, 2.05) is 6.20 Å². The lowest BCUT2D eigenvalue weighted by atomic mass is 9.73. The number of aryl methyl sites for hydroxylation is 1. The zero-order chi connectivity index (χ0) is 23.9. The molecule has 2 saturated carbocycles. The van der Waals surface area contributed by atoms with Gasteiger partial charge in [0.15, 0.2) is 5.82 Å². The lowest BCUT2D eigenvalue weighted by Gasteiger charge is -2.47. The number of nitrogens with zero attached hydrogens (tertiary/aromatic N) is 5. The third kappa shape index (κ3) is 5.25. The number of imidazole rings is 1. The second-order valence-electron chi connectivity index (χ2n) is 11.8. The van der Waals surface area contributed by atoms with Crippen LogP contribution in [0.15, 0.2) is 18.5 Å². The van der Waals surface area contributed by atoms with Gasteiger partial charge in [0.05, 0.1) is 43.0 Å². The lowest BCUT2D eigenvalue weighted by molar-refractivity contribution is -0.178. The highest BCUT2D eigenvalue weighted by Gasteiger charge is 2.40. The molecule has 1 N–H and O–H groups in total. The molecule has 0 aromatic carbocycles. The highest BCUT2D eigenvalue weighted by Crippen LogP contribution is 2.41. The van der Waals surface area contributed by atoms with Crippen LogP contribution < -0.4 is 5.32 Å². The maximum Gasteiger partial charge on any atom is 0.150 e. The molecule has 0 radical (unpaired) electrons. The Morgan fingerprint density at radius 2 is 1.89 bits per heavy atom. The largest absolute Gasteiger partial charge is 0.376 e. The molecule has 190 valence electrons. The normalized spacial score (nSPS) is 29.4. The maximum absolute atomic E-state index is 6.12. The van der Waals surface area contributed by atoms with E-state index in [1.54, 1.807) is 0 Å². The van der Waals surface area contributed by atoms with Crippen LogP contribution in [0.5, 0.6) is 0 Å². The maximum atomic E-state index is 6.12. The molecular formula is C27H40N6O2. The molecule has 2 saturated heterocycles. The minimum Gasteiger partial charge on any atom is -0.376 e. The summed E-state index contributed by atoms with van der Waals surface area (Å²) in [6.07, 6.45) is 13.5. The second-order valence-corrected chi connectivity index (χ2v) is 11.8. The Bertz CT molecular complexity index is 1010. The molecule has 6 rings (SSSR count). The summed E-state index contributed by atoms with van der Waals surface area (Å²) >= 11 is 0. The molecule has 4 fully saturated rings. The Balaban J connectivity index is 1.02. The van der Waals surface area contributed by atoms with E-state index in [9.17, 15) is 0 Å². The van der Waals surface area contributed by atoms with Gasteiger partial charge in [0.1, 0.15) is 5.82 Å². The van der Waals surface area contributed by atoms with Crippen LogP contribution in [0.4, 0.5) is 5.82 Å².